The van der Waals surface area contributed by atoms with Crippen molar-refractivity contribution in [1.82, 2.24) is 0 Å². The van der Waals surface area contributed by atoms with Crippen LogP contribution in [0.4, 0.5) is 0 Å². The molecule has 10 N–H and O–H groups in total. The number of aliphatic hydroxyl groups excluding tert-OH is 5. The fourth-order valence-corrected chi connectivity index (χ4v) is 5.75. The first-order valence-electron chi connectivity index (χ1n) is 15.1. The summed E-state index contributed by atoms with van der Waals surface area (Å²) in [6, 6.07) is 7.59. The lowest BCUT2D eigenvalue weighted by molar-refractivity contribution is -0.303. The molecule has 1 unspecified atom stereocenters. The van der Waals surface area contributed by atoms with Gasteiger partial charge in [0.15, 0.2) is 36.2 Å². The van der Waals surface area contributed by atoms with E-state index in [2.05, 4.69) is 15.0 Å². The highest BCUT2D eigenvalue weighted by atomic mass is 16.7. The Bertz CT molecular complexity index is 1820. The number of amidine groups is 1. The van der Waals surface area contributed by atoms with E-state index in [4.69, 9.17) is 29.1 Å². The molecule has 4 heterocycles. The number of aliphatic imine (C=N–C) groups is 3. The predicted molar refractivity (Wildman–Crippen MR) is 171 cm³/mol. The van der Waals surface area contributed by atoms with Crippen LogP contribution in [0.15, 0.2) is 63.5 Å². The van der Waals surface area contributed by atoms with E-state index in [1.807, 2.05) is 0 Å². The van der Waals surface area contributed by atoms with Gasteiger partial charge in [-0.3, -0.25) is 10.4 Å². The van der Waals surface area contributed by atoms with Crippen molar-refractivity contribution in [2.75, 3.05) is 19.9 Å². The summed E-state index contributed by atoms with van der Waals surface area (Å²) in [5, 5.41) is 90.4. The van der Waals surface area contributed by atoms with Gasteiger partial charge >= 0.3 is 11.8 Å². The Balaban J connectivity index is 1.22. The normalized spacial score (nSPS) is 27.5. The number of benzene rings is 2. The Labute approximate surface area is 282 Å². The minimum Gasteiger partial charge on any atom is -0.507 e. The van der Waals surface area contributed by atoms with Crippen LogP contribution in [-0.2, 0) is 9.53 Å². The average molecular weight is 698 g/mol. The van der Waals surface area contributed by atoms with Crippen LogP contribution in [0.25, 0.3) is 5.76 Å². The Morgan fingerprint density at radius 2 is 1.90 bits per heavy atom. The summed E-state index contributed by atoms with van der Waals surface area (Å²) in [6.07, 6.45) is -5.08. The van der Waals surface area contributed by atoms with Gasteiger partial charge in [-0.25, -0.2) is 9.79 Å². The predicted octanol–water partition coefficient (Wildman–Crippen LogP) is -1.82. The number of aliphatic carboxylic acids is 1. The monoisotopic (exact) mass is 697 g/mol. The second-order valence-corrected chi connectivity index (χ2v) is 11.6. The molecular weight excluding hydrogens is 664 g/mol. The first-order valence-corrected chi connectivity index (χ1v) is 15.1. The van der Waals surface area contributed by atoms with Crippen molar-refractivity contribution < 1.29 is 74.7 Å². The molecule has 1 fully saturated rings. The number of nitrogens with two attached hydrogens (primary N) is 1. The van der Waals surface area contributed by atoms with Crippen molar-refractivity contribution in [2.24, 2.45) is 15.0 Å². The molecule has 2 aromatic carbocycles. The maximum atomic E-state index is 12.2. The molecule has 0 aliphatic carbocycles. The van der Waals surface area contributed by atoms with Crippen LogP contribution >= 0.6 is 0 Å². The molecule has 0 spiro atoms. The summed E-state index contributed by atoms with van der Waals surface area (Å²) in [6.45, 7) is -1.04. The van der Waals surface area contributed by atoms with Crippen LogP contribution in [0.1, 0.15) is 23.7 Å². The number of rotatable bonds is 12. The number of ether oxygens (including phenoxy) is 5. The number of nitrogens with zero attached hydrogens (tertiary/aromatic N) is 3. The Hall–Kier alpha value is -5.37. The Morgan fingerprint density at radius 3 is 2.54 bits per heavy atom. The molecule has 2 aromatic rings. The van der Waals surface area contributed by atoms with E-state index < -0.39 is 84.6 Å². The molecular formula is C32H33N4O14+. The van der Waals surface area contributed by atoms with Gasteiger partial charge in [0.25, 0.3) is 0 Å². The van der Waals surface area contributed by atoms with E-state index in [1.165, 1.54) is 12.4 Å². The maximum Gasteiger partial charge on any atom is 0.336 e. The minimum atomic E-state index is -2.54. The summed E-state index contributed by atoms with van der Waals surface area (Å²) >= 11 is 0. The number of phenolic OH excluding ortho intramolecular Hbond substituents is 1. The number of carboxylic acid groups (broad SMARTS) is 1. The van der Waals surface area contributed by atoms with Gasteiger partial charge in [0.05, 0.1) is 6.54 Å². The number of aliphatic hydroxyl groups is 6. The first kappa shape index (κ1) is 34.5. The third-order valence-corrected chi connectivity index (χ3v) is 8.24. The highest BCUT2D eigenvalue weighted by Gasteiger charge is 2.59. The van der Waals surface area contributed by atoms with Gasteiger partial charge in [0.1, 0.15) is 59.7 Å². The molecule has 1 saturated heterocycles. The number of hydrogen-bond donors (Lipinski definition) is 9. The van der Waals surface area contributed by atoms with Crippen molar-refractivity contribution in [3.8, 4) is 28.7 Å². The van der Waals surface area contributed by atoms with E-state index in [0.717, 1.165) is 6.07 Å². The zero-order valence-electron chi connectivity index (χ0n) is 25.9. The van der Waals surface area contributed by atoms with Gasteiger partial charge in [0, 0.05) is 30.4 Å². The van der Waals surface area contributed by atoms with Gasteiger partial charge in [-0.15, -0.1) is 0 Å². The van der Waals surface area contributed by atoms with Crippen molar-refractivity contribution in [2.45, 2.75) is 48.8 Å². The average Bonchev–Trinajstić information content (AvgIpc) is 3.77. The van der Waals surface area contributed by atoms with Gasteiger partial charge < -0.3 is 64.5 Å². The smallest absolute Gasteiger partial charge is 0.336 e. The molecule has 0 radical (unpaired) electrons. The lowest BCUT2D eigenvalue weighted by Crippen LogP contribution is -2.69. The molecule has 0 amide bonds. The van der Waals surface area contributed by atoms with Crippen LogP contribution in [0.3, 0.4) is 0 Å². The SMILES string of the molecule is [NH2+]=C1C=CC([C@@H](O)COc2ccc(C3C=C(O)c4c(cc(O[C@@H]5O[C@H](C(=O)O)[C@](O)(CC6=NC=NC6)[C@@H](O)[C@H]5O)c(OCO)c4O)O3)cc2)=N1. The summed E-state index contributed by atoms with van der Waals surface area (Å²) in [7, 11) is 0. The van der Waals surface area contributed by atoms with Crippen molar-refractivity contribution in [1.29, 1.82) is 0 Å². The number of carbonyl (C=O) groups is 1. The number of fused-ring (bicyclic) bond motifs is 1. The molecule has 4 aliphatic rings. The standard InChI is InChI=1S/C32H32N4O14/c33-23-6-5-17(36-23)19(39)11-46-16-3-1-14(2-4-16)20-7-18(38)24-21(48-20)8-22(27(25(24)40)47-13-37)49-31-26(41)28(42)32(45,29(50-31)30(43)44)9-15-10-34-12-35-15/h1-8,12,19-20,26,28-29,31,33,37-42,45H,9-11,13H2,(H,43,44)/p+1/t19-,20?,26+,28-,29+,31+,32-/m0/s1. The maximum absolute atomic E-state index is 12.2. The second-order valence-electron chi connectivity index (χ2n) is 11.6. The molecule has 0 saturated carbocycles. The van der Waals surface area contributed by atoms with E-state index in [9.17, 15) is 45.6 Å². The van der Waals surface area contributed by atoms with E-state index in [0.29, 0.717) is 17.0 Å². The van der Waals surface area contributed by atoms with Crippen LogP contribution in [-0.4, -0.2) is 127 Å². The Morgan fingerprint density at radius 1 is 1.14 bits per heavy atom. The molecule has 7 atom stereocenters. The largest absolute Gasteiger partial charge is 0.507 e. The summed E-state index contributed by atoms with van der Waals surface area (Å²) in [4.78, 5) is 24.0. The quantitative estimate of drug-likeness (QED) is 0.110. The van der Waals surface area contributed by atoms with Gasteiger partial charge in [0.2, 0.25) is 12.0 Å². The minimum absolute atomic E-state index is 0.0435. The molecule has 0 aromatic heterocycles. The number of hydrogen-bond acceptors (Lipinski definition) is 15. The van der Waals surface area contributed by atoms with E-state index in [-0.39, 0.29) is 36.0 Å². The van der Waals surface area contributed by atoms with Gasteiger partial charge in [-0.1, -0.05) is 12.1 Å². The first-order chi connectivity index (χ1) is 23.9. The number of carboxylic acids is 1. The third-order valence-electron chi connectivity index (χ3n) is 8.24. The fourth-order valence-electron chi connectivity index (χ4n) is 5.75. The highest BCUT2D eigenvalue weighted by Crippen LogP contribution is 2.51. The summed E-state index contributed by atoms with van der Waals surface area (Å²) in [5.74, 6) is -3.36. The molecule has 50 heavy (non-hydrogen) atoms. The molecule has 18 nitrogen and oxygen atoms in total. The molecule has 18 heteroatoms. The van der Waals surface area contributed by atoms with Crippen molar-refractivity contribution >= 4 is 35.3 Å². The number of aromatic hydroxyl groups is 1. The number of phenols is 1. The topological polar surface area (TPSA) is 288 Å². The molecule has 4 aliphatic heterocycles. The lowest BCUT2D eigenvalue weighted by atomic mass is 9.80. The van der Waals surface area contributed by atoms with Crippen LogP contribution in [0.5, 0.6) is 28.7 Å². The van der Waals surface area contributed by atoms with E-state index in [1.54, 1.807) is 36.4 Å². The molecule has 0 bridgehead atoms. The Kier molecular flexibility index (Phi) is 9.56. The zero-order valence-corrected chi connectivity index (χ0v) is 25.9. The molecule has 6 rings (SSSR count). The summed E-state index contributed by atoms with van der Waals surface area (Å²) in [5.41, 5.74) is -1.65. The van der Waals surface area contributed by atoms with Gasteiger partial charge in [-0.05, 0) is 28.8 Å². The van der Waals surface area contributed by atoms with Crippen LogP contribution in [0.2, 0.25) is 0 Å². The van der Waals surface area contributed by atoms with E-state index >= 15 is 0 Å². The van der Waals surface area contributed by atoms with Gasteiger partial charge in [-0.2, -0.15) is 0 Å². The fraction of sp³-hybridized carbons (Fsp3) is 0.344. The molecule has 264 valence electrons. The van der Waals surface area contributed by atoms with Crippen molar-refractivity contribution in [3.63, 3.8) is 0 Å². The summed E-state index contributed by atoms with van der Waals surface area (Å²) < 4.78 is 28.0. The van der Waals surface area contributed by atoms with Crippen LogP contribution < -0.4 is 24.4 Å². The second kappa shape index (κ2) is 13.9. The zero-order chi connectivity index (χ0) is 35.7. The lowest BCUT2D eigenvalue weighted by Gasteiger charge is -2.46. The van der Waals surface area contributed by atoms with Crippen LogP contribution in [0, 0.1) is 0 Å². The van der Waals surface area contributed by atoms with Crippen molar-refractivity contribution in [3.05, 3.63) is 59.7 Å². The highest BCUT2D eigenvalue weighted by molar-refractivity contribution is 6.14. The third kappa shape index (κ3) is 6.62.